The molecule has 0 heterocycles. The number of anilines is 1. The molecule has 0 saturated heterocycles. The first-order chi connectivity index (χ1) is 8.93. The van der Waals surface area contributed by atoms with Crippen LogP contribution in [0.2, 0.25) is 5.02 Å². The Kier molecular flexibility index (Phi) is 5.59. The fourth-order valence-electron chi connectivity index (χ4n) is 1.15. The van der Waals surface area contributed by atoms with E-state index in [9.17, 15) is 9.59 Å². The lowest BCUT2D eigenvalue weighted by molar-refractivity contribution is -0.142. The Hall–Kier alpha value is -1.79. The van der Waals surface area contributed by atoms with Gasteiger partial charge in [-0.1, -0.05) is 11.6 Å². The van der Waals surface area contributed by atoms with Crippen molar-refractivity contribution in [1.29, 1.82) is 0 Å². The van der Waals surface area contributed by atoms with Gasteiger partial charge in [0.25, 0.3) is 0 Å². The second-order valence-electron chi connectivity index (χ2n) is 3.79. The summed E-state index contributed by atoms with van der Waals surface area (Å²) in [6.45, 7) is 1.34. The van der Waals surface area contributed by atoms with Crippen molar-refractivity contribution in [2.24, 2.45) is 5.73 Å². The van der Waals surface area contributed by atoms with Gasteiger partial charge in [-0.3, -0.25) is 4.79 Å². The van der Waals surface area contributed by atoms with Gasteiger partial charge >= 0.3 is 5.97 Å². The van der Waals surface area contributed by atoms with Gasteiger partial charge in [0.1, 0.15) is 5.75 Å². The summed E-state index contributed by atoms with van der Waals surface area (Å²) in [6, 6.07) is 4.03. The molecule has 19 heavy (non-hydrogen) atoms. The fourth-order valence-corrected chi connectivity index (χ4v) is 1.38. The second kappa shape index (κ2) is 6.96. The van der Waals surface area contributed by atoms with Crippen molar-refractivity contribution in [3.8, 4) is 5.75 Å². The van der Waals surface area contributed by atoms with Crippen molar-refractivity contribution in [2.75, 3.05) is 19.0 Å². The predicted octanol–water partition coefficient (Wildman–Crippen LogP) is 1.18. The number of nitrogens with one attached hydrogen (secondary N) is 1. The molecule has 0 fully saturated rings. The number of ether oxygens (including phenoxy) is 2. The molecule has 0 saturated carbocycles. The molecule has 1 rings (SSSR count). The minimum Gasteiger partial charge on any atom is -0.480 e. The SMILES string of the molecule is COC(=O)COc1ccc(NC(=O)C(C)N)cc1Cl. The van der Waals surface area contributed by atoms with Crippen LogP contribution in [-0.2, 0) is 14.3 Å². The van der Waals surface area contributed by atoms with Gasteiger partial charge in [0, 0.05) is 5.69 Å². The molecular weight excluding hydrogens is 272 g/mol. The molecule has 1 atom stereocenters. The largest absolute Gasteiger partial charge is 0.480 e. The lowest BCUT2D eigenvalue weighted by Gasteiger charge is -2.10. The summed E-state index contributed by atoms with van der Waals surface area (Å²) < 4.78 is 9.59. The number of rotatable bonds is 5. The van der Waals surface area contributed by atoms with Crippen LogP contribution in [0.25, 0.3) is 0 Å². The van der Waals surface area contributed by atoms with Gasteiger partial charge in [-0.05, 0) is 25.1 Å². The zero-order valence-corrected chi connectivity index (χ0v) is 11.4. The van der Waals surface area contributed by atoms with Crippen LogP contribution >= 0.6 is 11.6 Å². The summed E-state index contributed by atoms with van der Waals surface area (Å²) >= 11 is 5.96. The minimum atomic E-state index is -0.617. The fraction of sp³-hybridized carbons (Fsp3) is 0.333. The molecule has 1 unspecified atom stereocenters. The normalized spacial score (nSPS) is 11.6. The molecule has 3 N–H and O–H groups in total. The van der Waals surface area contributed by atoms with Crippen molar-refractivity contribution in [2.45, 2.75) is 13.0 Å². The standard InChI is InChI=1S/C12H15ClN2O4/c1-7(14)12(17)15-8-3-4-10(9(13)5-8)19-6-11(16)18-2/h3-5,7H,6,14H2,1-2H3,(H,15,17). The molecule has 0 aliphatic carbocycles. The number of methoxy groups -OCH3 is 1. The van der Waals surface area contributed by atoms with Crippen LogP contribution in [0.5, 0.6) is 5.75 Å². The Balaban J connectivity index is 2.69. The Morgan fingerprint density at radius 1 is 1.47 bits per heavy atom. The maximum absolute atomic E-state index is 11.4. The maximum atomic E-state index is 11.4. The zero-order chi connectivity index (χ0) is 14.4. The van der Waals surface area contributed by atoms with E-state index in [1.54, 1.807) is 19.1 Å². The smallest absolute Gasteiger partial charge is 0.343 e. The van der Waals surface area contributed by atoms with Gasteiger partial charge in [0.05, 0.1) is 18.2 Å². The predicted molar refractivity (Wildman–Crippen MR) is 71.2 cm³/mol. The summed E-state index contributed by atoms with van der Waals surface area (Å²) in [6.07, 6.45) is 0. The highest BCUT2D eigenvalue weighted by atomic mass is 35.5. The van der Waals surface area contributed by atoms with E-state index in [0.717, 1.165) is 0 Å². The van der Waals surface area contributed by atoms with Gasteiger partial charge in [-0.25, -0.2) is 4.79 Å². The van der Waals surface area contributed by atoms with Crippen LogP contribution in [0.1, 0.15) is 6.92 Å². The Labute approximate surface area is 115 Å². The third-order valence-electron chi connectivity index (χ3n) is 2.19. The zero-order valence-electron chi connectivity index (χ0n) is 10.6. The number of hydrogen-bond acceptors (Lipinski definition) is 5. The highest BCUT2D eigenvalue weighted by Crippen LogP contribution is 2.27. The first-order valence-electron chi connectivity index (χ1n) is 5.49. The minimum absolute atomic E-state index is 0.234. The summed E-state index contributed by atoms with van der Waals surface area (Å²) in [7, 11) is 1.26. The van der Waals surface area contributed by atoms with Crippen LogP contribution in [0.15, 0.2) is 18.2 Å². The van der Waals surface area contributed by atoms with E-state index in [-0.39, 0.29) is 17.5 Å². The molecule has 1 amide bonds. The quantitative estimate of drug-likeness (QED) is 0.793. The number of carbonyl (C=O) groups is 2. The molecule has 7 heteroatoms. The van der Waals surface area contributed by atoms with Crippen LogP contribution in [0.3, 0.4) is 0 Å². The van der Waals surface area contributed by atoms with E-state index in [0.29, 0.717) is 11.4 Å². The molecule has 1 aromatic rings. The number of carbonyl (C=O) groups excluding carboxylic acids is 2. The molecule has 0 aromatic heterocycles. The number of benzene rings is 1. The molecule has 0 bridgehead atoms. The maximum Gasteiger partial charge on any atom is 0.343 e. The average Bonchev–Trinajstić information content (AvgIpc) is 2.37. The number of esters is 1. The number of halogens is 1. The summed E-state index contributed by atoms with van der Waals surface area (Å²) in [5, 5.41) is 2.86. The molecule has 0 aliphatic heterocycles. The topological polar surface area (TPSA) is 90.6 Å². The molecule has 0 spiro atoms. The van der Waals surface area contributed by atoms with Gasteiger partial charge < -0.3 is 20.5 Å². The van der Waals surface area contributed by atoms with E-state index in [4.69, 9.17) is 22.1 Å². The lowest BCUT2D eigenvalue weighted by Crippen LogP contribution is -2.32. The van der Waals surface area contributed by atoms with Gasteiger partial charge in [-0.2, -0.15) is 0 Å². The summed E-state index contributed by atoms with van der Waals surface area (Å²) in [5.41, 5.74) is 5.92. The van der Waals surface area contributed by atoms with Crippen molar-refractivity contribution in [3.05, 3.63) is 23.2 Å². The van der Waals surface area contributed by atoms with E-state index < -0.39 is 12.0 Å². The van der Waals surface area contributed by atoms with E-state index in [1.807, 2.05) is 0 Å². The third-order valence-corrected chi connectivity index (χ3v) is 2.48. The van der Waals surface area contributed by atoms with Crippen LogP contribution < -0.4 is 15.8 Å². The number of nitrogens with two attached hydrogens (primary N) is 1. The van der Waals surface area contributed by atoms with Crippen LogP contribution in [-0.4, -0.2) is 31.6 Å². The number of amides is 1. The van der Waals surface area contributed by atoms with E-state index in [2.05, 4.69) is 10.1 Å². The number of hydrogen-bond donors (Lipinski definition) is 2. The summed E-state index contributed by atoms with van der Waals surface area (Å²) in [5.74, 6) is -0.504. The Morgan fingerprint density at radius 2 is 2.16 bits per heavy atom. The van der Waals surface area contributed by atoms with E-state index in [1.165, 1.54) is 13.2 Å². The van der Waals surface area contributed by atoms with Gasteiger partial charge in [0.2, 0.25) is 5.91 Å². The monoisotopic (exact) mass is 286 g/mol. The summed E-state index contributed by atoms with van der Waals surface area (Å²) in [4.78, 5) is 22.3. The molecule has 1 aromatic carbocycles. The Bertz CT molecular complexity index is 477. The lowest BCUT2D eigenvalue weighted by atomic mass is 10.2. The van der Waals surface area contributed by atoms with Crippen LogP contribution in [0.4, 0.5) is 5.69 Å². The van der Waals surface area contributed by atoms with Gasteiger partial charge in [0.15, 0.2) is 6.61 Å². The van der Waals surface area contributed by atoms with Crippen molar-refractivity contribution in [3.63, 3.8) is 0 Å². The molecule has 0 radical (unpaired) electrons. The Morgan fingerprint density at radius 3 is 2.68 bits per heavy atom. The van der Waals surface area contributed by atoms with Crippen molar-refractivity contribution >= 4 is 29.2 Å². The van der Waals surface area contributed by atoms with E-state index >= 15 is 0 Å². The van der Waals surface area contributed by atoms with Crippen molar-refractivity contribution < 1.29 is 19.1 Å². The molecule has 6 nitrogen and oxygen atoms in total. The second-order valence-corrected chi connectivity index (χ2v) is 4.20. The highest BCUT2D eigenvalue weighted by Gasteiger charge is 2.10. The average molecular weight is 287 g/mol. The van der Waals surface area contributed by atoms with Gasteiger partial charge in [-0.15, -0.1) is 0 Å². The molecule has 104 valence electrons. The highest BCUT2D eigenvalue weighted by molar-refractivity contribution is 6.32. The van der Waals surface area contributed by atoms with Crippen LogP contribution in [0, 0.1) is 0 Å². The molecule has 0 aliphatic rings. The van der Waals surface area contributed by atoms with Crippen molar-refractivity contribution in [1.82, 2.24) is 0 Å². The third kappa shape index (κ3) is 4.76. The first-order valence-corrected chi connectivity index (χ1v) is 5.87. The molecular formula is C12H15ClN2O4. The first kappa shape index (κ1) is 15.3.